The largest absolute Gasteiger partial charge is 0.394 e. The molecule has 0 aliphatic carbocycles. The van der Waals surface area contributed by atoms with Crippen molar-refractivity contribution in [2.45, 2.75) is 27.3 Å². The van der Waals surface area contributed by atoms with Crippen LogP contribution in [0.25, 0.3) is 0 Å². The summed E-state index contributed by atoms with van der Waals surface area (Å²) in [5, 5.41) is 4.30. The van der Waals surface area contributed by atoms with Gasteiger partial charge in [0.1, 0.15) is 0 Å². The molecule has 90 valence electrons. The van der Waals surface area contributed by atoms with Crippen LogP contribution in [-0.2, 0) is 11.3 Å². The Balaban J connectivity index is 3.12. The number of nitrogens with two attached hydrogens (primary N) is 2. The van der Waals surface area contributed by atoms with Gasteiger partial charge in [-0.3, -0.25) is 4.79 Å². The molecule has 0 bridgehead atoms. The molecular weight excluding hydrogens is 206 g/mol. The fourth-order valence-electron chi connectivity index (χ4n) is 1.66. The molecule has 0 fully saturated rings. The quantitative estimate of drug-likeness (QED) is 0.744. The molecule has 1 rings (SSSR count). The first-order chi connectivity index (χ1) is 7.51. The minimum atomic E-state index is -0.372. The first-order valence-electron chi connectivity index (χ1n) is 5.37. The highest BCUT2D eigenvalue weighted by atomic mass is 16.1. The van der Waals surface area contributed by atoms with Crippen LogP contribution in [0.1, 0.15) is 19.5 Å². The summed E-state index contributed by atoms with van der Waals surface area (Å²) < 4.78 is 1.79. The average molecular weight is 225 g/mol. The summed E-state index contributed by atoms with van der Waals surface area (Å²) in [6.45, 7) is 7.31. The van der Waals surface area contributed by atoms with Crippen molar-refractivity contribution in [3.63, 3.8) is 0 Å². The number of rotatable bonds is 5. The minimum absolute atomic E-state index is 0.159. The molecule has 0 unspecified atom stereocenters. The molecular formula is C10H19N5O. The zero-order valence-electron chi connectivity index (χ0n) is 10.0. The summed E-state index contributed by atoms with van der Waals surface area (Å²) in [4.78, 5) is 12.8. The third kappa shape index (κ3) is 2.26. The van der Waals surface area contributed by atoms with Crippen LogP contribution < -0.4 is 16.4 Å². The molecule has 16 heavy (non-hydrogen) atoms. The van der Waals surface area contributed by atoms with Crippen molar-refractivity contribution >= 4 is 17.4 Å². The molecule has 0 spiro atoms. The SMILES string of the molecule is CCN(CC(N)=O)c1c(N)c(C)nn1CC. The van der Waals surface area contributed by atoms with Crippen molar-refractivity contribution in [2.75, 3.05) is 23.7 Å². The lowest BCUT2D eigenvalue weighted by Gasteiger charge is -2.22. The van der Waals surface area contributed by atoms with E-state index in [9.17, 15) is 4.79 Å². The standard InChI is InChI=1S/C10H19N5O/c1-4-14(6-8(11)16)10-9(12)7(3)13-15(10)5-2/h4-6,12H2,1-3H3,(H2,11,16). The van der Waals surface area contributed by atoms with Crippen LogP contribution in [0.3, 0.4) is 0 Å². The summed E-state index contributed by atoms with van der Waals surface area (Å²) in [7, 11) is 0. The van der Waals surface area contributed by atoms with Crippen LogP contribution >= 0.6 is 0 Å². The Hall–Kier alpha value is -1.72. The summed E-state index contributed by atoms with van der Waals surface area (Å²) in [6, 6.07) is 0. The Morgan fingerprint density at radius 3 is 2.56 bits per heavy atom. The summed E-state index contributed by atoms with van der Waals surface area (Å²) in [6.07, 6.45) is 0. The topological polar surface area (TPSA) is 90.2 Å². The molecule has 1 aromatic rings. The van der Waals surface area contributed by atoms with Crippen LogP contribution in [0.15, 0.2) is 0 Å². The maximum Gasteiger partial charge on any atom is 0.236 e. The highest BCUT2D eigenvalue weighted by Crippen LogP contribution is 2.25. The average Bonchev–Trinajstić information content (AvgIpc) is 2.52. The number of primary amides is 1. The normalized spacial score (nSPS) is 10.4. The van der Waals surface area contributed by atoms with E-state index in [2.05, 4.69) is 5.10 Å². The molecule has 0 saturated carbocycles. The predicted molar refractivity (Wildman–Crippen MR) is 64.1 cm³/mol. The van der Waals surface area contributed by atoms with Crippen LogP contribution in [-0.4, -0.2) is 28.8 Å². The second-order valence-electron chi connectivity index (χ2n) is 3.62. The summed E-state index contributed by atoms with van der Waals surface area (Å²) in [5.41, 5.74) is 12.6. The van der Waals surface area contributed by atoms with Crippen LogP contribution in [0.4, 0.5) is 11.5 Å². The van der Waals surface area contributed by atoms with Gasteiger partial charge in [0.25, 0.3) is 0 Å². The fraction of sp³-hybridized carbons (Fsp3) is 0.600. The third-order valence-electron chi connectivity index (χ3n) is 2.47. The molecule has 0 aromatic carbocycles. The smallest absolute Gasteiger partial charge is 0.236 e. The molecule has 0 atom stereocenters. The second kappa shape index (κ2) is 4.87. The van der Waals surface area contributed by atoms with Crippen molar-refractivity contribution in [2.24, 2.45) is 5.73 Å². The maximum absolute atomic E-state index is 11.0. The first-order valence-corrected chi connectivity index (χ1v) is 5.37. The minimum Gasteiger partial charge on any atom is -0.394 e. The van der Waals surface area contributed by atoms with Crippen LogP contribution in [0.5, 0.6) is 0 Å². The van der Waals surface area contributed by atoms with E-state index in [-0.39, 0.29) is 12.5 Å². The second-order valence-corrected chi connectivity index (χ2v) is 3.62. The Bertz CT molecular complexity index is 385. The molecule has 0 aliphatic rings. The highest BCUT2D eigenvalue weighted by molar-refractivity contribution is 5.81. The first kappa shape index (κ1) is 12.4. The number of aryl methyl sites for hydroxylation is 2. The Kier molecular flexibility index (Phi) is 3.76. The van der Waals surface area contributed by atoms with Crippen LogP contribution in [0.2, 0.25) is 0 Å². The van der Waals surface area contributed by atoms with Crippen molar-refractivity contribution < 1.29 is 4.79 Å². The third-order valence-corrected chi connectivity index (χ3v) is 2.47. The molecule has 6 nitrogen and oxygen atoms in total. The van der Waals surface area contributed by atoms with Gasteiger partial charge < -0.3 is 16.4 Å². The molecule has 1 heterocycles. The van der Waals surface area contributed by atoms with Gasteiger partial charge in [0.15, 0.2) is 5.82 Å². The van der Waals surface area contributed by atoms with Gasteiger partial charge in [-0.15, -0.1) is 0 Å². The molecule has 4 N–H and O–H groups in total. The molecule has 1 aromatic heterocycles. The maximum atomic E-state index is 11.0. The summed E-state index contributed by atoms with van der Waals surface area (Å²) in [5.74, 6) is 0.407. The number of nitrogens with zero attached hydrogens (tertiary/aromatic N) is 3. The lowest BCUT2D eigenvalue weighted by molar-refractivity contribution is -0.116. The van der Waals surface area contributed by atoms with Gasteiger partial charge >= 0.3 is 0 Å². The number of nitrogen functional groups attached to an aromatic ring is 1. The van der Waals surface area contributed by atoms with Gasteiger partial charge in [-0.25, -0.2) is 4.68 Å². The van der Waals surface area contributed by atoms with Crippen LogP contribution in [0, 0.1) is 6.92 Å². The number of carbonyl (C=O) groups is 1. The Morgan fingerprint density at radius 1 is 1.50 bits per heavy atom. The van der Waals surface area contributed by atoms with E-state index >= 15 is 0 Å². The van der Waals surface area contributed by atoms with E-state index in [1.165, 1.54) is 0 Å². The highest BCUT2D eigenvalue weighted by Gasteiger charge is 2.18. The van der Waals surface area contributed by atoms with E-state index in [1.54, 1.807) is 4.68 Å². The zero-order valence-corrected chi connectivity index (χ0v) is 10.0. The van der Waals surface area contributed by atoms with E-state index in [0.29, 0.717) is 18.8 Å². The van der Waals surface area contributed by atoms with Gasteiger partial charge in [-0.2, -0.15) is 5.10 Å². The Labute approximate surface area is 95.2 Å². The lowest BCUT2D eigenvalue weighted by Crippen LogP contribution is -2.35. The molecule has 6 heteroatoms. The zero-order chi connectivity index (χ0) is 12.3. The number of aromatic nitrogens is 2. The number of anilines is 2. The van der Waals surface area contributed by atoms with Gasteiger partial charge in [-0.05, 0) is 20.8 Å². The number of amides is 1. The Morgan fingerprint density at radius 2 is 2.12 bits per heavy atom. The van der Waals surface area contributed by atoms with Crippen molar-refractivity contribution in [3.8, 4) is 0 Å². The number of hydrogen-bond donors (Lipinski definition) is 2. The van der Waals surface area contributed by atoms with E-state index in [0.717, 1.165) is 11.5 Å². The molecule has 1 amide bonds. The van der Waals surface area contributed by atoms with Crippen molar-refractivity contribution in [1.29, 1.82) is 0 Å². The van der Waals surface area contributed by atoms with Gasteiger partial charge in [-0.1, -0.05) is 0 Å². The molecule has 0 aliphatic heterocycles. The summed E-state index contributed by atoms with van der Waals surface area (Å²) >= 11 is 0. The van der Waals surface area contributed by atoms with E-state index in [1.807, 2.05) is 25.7 Å². The number of hydrogen-bond acceptors (Lipinski definition) is 4. The van der Waals surface area contributed by atoms with Gasteiger partial charge in [0.05, 0.1) is 17.9 Å². The number of likely N-dealkylation sites (N-methyl/N-ethyl adjacent to an activating group) is 1. The fourth-order valence-corrected chi connectivity index (χ4v) is 1.66. The van der Waals surface area contributed by atoms with E-state index < -0.39 is 0 Å². The van der Waals surface area contributed by atoms with Crippen molar-refractivity contribution in [3.05, 3.63) is 5.69 Å². The lowest BCUT2D eigenvalue weighted by atomic mass is 10.3. The molecule has 0 radical (unpaired) electrons. The molecule has 0 saturated heterocycles. The number of carbonyl (C=O) groups excluding carboxylic acids is 1. The van der Waals surface area contributed by atoms with E-state index in [4.69, 9.17) is 11.5 Å². The predicted octanol–water partition coefficient (Wildman–Crippen LogP) is 0.105. The monoisotopic (exact) mass is 225 g/mol. The van der Waals surface area contributed by atoms with Gasteiger partial charge in [0, 0.05) is 13.1 Å². The van der Waals surface area contributed by atoms with Gasteiger partial charge in [0.2, 0.25) is 5.91 Å². The van der Waals surface area contributed by atoms with Crippen molar-refractivity contribution in [1.82, 2.24) is 9.78 Å².